The zero-order valence-electron chi connectivity index (χ0n) is 4.00. The van der Waals surface area contributed by atoms with E-state index in [1.165, 1.54) is 0 Å². The van der Waals surface area contributed by atoms with Gasteiger partial charge in [-0.2, -0.15) is 4.21 Å². The lowest BCUT2D eigenvalue weighted by Crippen LogP contribution is -2.09. The number of hydrogen-bond donors (Lipinski definition) is 0. The van der Waals surface area contributed by atoms with Gasteiger partial charge in [0.2, 0.25) is 0 Å². The fourth-order valence-corrected chi connectivity index (χ4v) is 1.26. The van der Waals surface area contributed by atoms with Gasteiger partial charge in [-0.15, -0.1) is 11.6 Å². The lowest BCUT2D eigenvalue weighted by Gasteiger charge is -1.94. The number of rotatable bonds is 1. The van der Waals surface area contributed by atoms with Crippen molar-refractivity contribution in [3.05, 3.63) is 0 Å². The van der Waals surface area contributed by atoms with E-state index in [-0.39, 0.29) is 6.10 Å². The zero-order chi connectivity index (χ0) is 5.98. The molecule has 0 amide bonds. The lowest BCUT2D eigenvalue weighted by atomic mass is 10.5. The van der Waals surface area contributed by atoms with E-state index in [9.17, 15) is 4.21 Å². The summed E-state index contributed by atoms with van der Waals surface area (Å²) >= 11 is 3.80. The molecule has 0 bridgehead atoms. The summed E-state index contributed by atoms with van der Waals surface area (Å²) in [6.07, 6.45) is -0.183. The summed E-state index contributed by atoms with van der Waals surface area (Å²) < 4.78 is 19.4. The Bertz CT molecular complexity index is 107. The first-order valence-corrected chi connectivity index (χ1v) is 3.64. The second kappa shape index (κ2) is 2.77. The molecule has 1 fully saturated rings. The second-order valence-corrected chi connectivity index (χ2v) is 2.51. The van der Waals surface area contributed by atoms with E-state index in [1.807, 2.05) is 0 Å². The summed E-state index contributed by atoms with van der Waals surface area (Å²) in [4.78, 5) is 0. The highest BCUT2D eigenvalue weighted by atomic mass is 35.5. The van der Waals surface area contributed by atoms with Crippen LogP contribution in [-0.4, -0.2) is 22.8 Å². The van der Waals surface area contributed by atoms with Crippen molar-refractivity contribution >= 4 is 23.0 Å². The molecule has 5 heteroatoms. The largest absolute Gasteiger partial charge is 0.305 e. The monoisotopic (exact) mass is 156 g/mol. The molecule has 0 radical (unpaired) electrons. The van der Waals surface area contributed by atoms with Gasteiger partial charge in [0.05, 0.1) is 12.5 Å². The van der Waals surface area contributed by atoms with Crippen molar-refractivity contribution in [2.75, 3.05) is 12.5 Å². The summed E-state index contributed by atoms with van der Waals surface area (Å²) in [6.45, 7) is 0.343. The molecule has 1 rings (SSSR count). The summed E-state index contributed by atoms with van der Waals surface area (Å²) in [7, 11) is 0. The topological polar surface area (TPSA) is 35.5 Å². The van der Waals surface area contributed by atoms with Crippen LogP contribution in [0.1, 0.15) is 0 Å². The van der Waals surface area contributed by atoms with Crippen molar-refractivity contribution in [2.24, 2.45) is 0 Å². The fourth-order valence-electron chi connectivity index (χ4n) is 0.368. The lowest BCUT2D eigenvalue weighted by molar-refractivity contribution is 0.265. The molecule has 1 aliphatic rings. The minimum atomic E-state index is -1.54. The molecule has 48 valence electrons. The minimum absolute atomic E-state index is 0.183. The van der Waals surface area contributed by atoms with E-state index >= 15 is 0 Å². The predicted molar refractivity (Wildman–Crippen MR) is 29.7 cm³/mol. The molecule has 1 unspecified atom stereocenters. The van der Waals surface area contributed by atoms with Crippen LogP contribution in [0.5, 0.6) is 0 Å². The third kappa shape index (κ3) is 1.42. The SMILES string of the molecule is O=S1OC[C@@H](CCl)O1. The van der Waals surface area contributed by atoms with Gasteiger partial charge < -0.3 is 0 Å². The molecular weight excluding hydrogens is 152 g/mol. The Balaban J connectivity index is 2.32. The minimum Gasteiger partial charge on any atom is -0.266 e. The normalized spacial score (nSPS) is 38.1. The van der Waals surface area contributed by atoms with Crippen LogP contribution in [0.15, 0.2) is 0 Å². The zero-order valence-corrected chi connectivity index (χ0v) is 5.57. The molecule has 1 aliphatic heterocycles. The van der Waals surface area contributed by atoms with Gasteiger partial charge in [-0.05, 0) is 0 Å². The maximum absolute atomic E-state index is 10.2. The van der Waals surface area contributed by atoms with Crippen LogP contribution in [0.25, 0.3) is 0 Å². The third-order valence-electron chi connectivity index (χ3n) is 0.737. The molecule has 2 atom stereocenters. The average molecular weight is 157 g/mol. The summed E-state index contributed by atoms with van der Waals surface area (Å²) in [5, 5.41) is 0. The van der Waals surface area contributed by atoms with E-state index < -0.39 is 11.4 Å². The van der Waals surface area contributed by atoms with Gasteiger partial charge >= 0.3 is 11.4 Å². The van der Waals surface area contributed by atoms with Crippen molar-refractivity contribution in [2.45, 2.75) is 6.10 Å². The van der Waals surface area contributed by atoms with Crippen molar-refractivity contribution < 1.29 is 12.6 Å². The first kappa shape index (κ1) is 6.48. The van der Waals surface area contributed by atoms with Crippen molar-refractivity contribution in [1.82, 2.24) is 0 Å². The first-order chi connectivity index (χ1) is 3.83. The van der Waals surface area contributed by atoms with Crippen molar-refractivity contribution in [3.63, 3.8) is 0 Å². The van der Waals surface area contributed by atoms with Crippen LogP contribution >= 0.6 is 11.6 Å². The Morgan fingerprint density at radius 2 is 2.62 bits per heavy atom. The molecule has 0 aliphatic carbocycles. The summed E-state index contributed by atoms with van der Waals surface area (Å²) in [5.41, 5.74) is 0. The highest BCUT2D eigenvalue weighted by Gasteiger charge is 2.21. The maximum atomic E-state index is 10.2. The van der Waals surface area contributed by atoms with Gasteiger partial charge in [0.15, 0.2) is 0 Å². The Labute approximate surface area is 54.8 Å². The van der Waals surface area contributed by atoms with Gasteiger partial charge in [0.25, 0.3) is 0 Å². The van der Waals surface area contributed by atoms with Gasteiger partial charge in [-0.3, -0.25) is 8.37 Å². The quantitative estimate of drug-likeness (QED) is 0.510. The molecule has 0 aromatic rings. The number of hydrogen-bond acceptors (Lipinski definition) is 3. The highest BCUT2D eigenvalue weighted by molar-refractivity contribution is 7.75. The Kier molecular flexibility index (Phi) is 2.25. The average Bonchev–Trinajstić information content (AvgIpc) is 2.14. The molecule has 1 heterocycles. The van der Waals surface area contributed by atoms with E-state index in [1.54, 1.807) is 0 Å². The van der Waals surface area contributed by atoms with Crippen LogP contribution in [-0.2, 0) is 19.7 Å². The predicted octanol–water partition coefficient (Wildman–Crippen LogP) is 0.219. The summed E-state index contributed by atoms with van der Waals surface area (Å²) in [5.74, 6) is 0.339. The van der Waals surface area contributed by atoms with Gasteiger partial charge in [0, 0.05) is 0 Å². The molecule has 8 heavy (non-hydrogen) atoms. The van der Waals surface area contributed by atoms with Crippen LogP contribution < -0.4 is 0 Å². The Morgan fingerprint density at radius 3 is 2.88 bits per heavy atom. The summed E-state index contributed by atoms with van der Waals surface area (Å²) in [6, 6.07) is 0. The number of halogens is 1. The molecule has 0 aromatic carbocycles. The van der Waals surface area contributed by atoms with Crippen molar-refractivity contribution in [1.29, 1.82) is 0 Å². The van der Waals surface area contributed by atoms with Crippen LogP contribution in [0.2, 0.25) is 0 Å². The molecular formula is C3H5ClO3S. The van der Waals surface area contributed by atoms with Crippen molar-refractivity contribution in [3.8, 4) is 0 Å². The smallest absolute Gasteiger partial charge is 0.266 e. The number of alkyl halides is 1. The molecule has 3 nitrogen and oxygen atoms in total. The molecule has 0 N–H and O–H groups in total. The van der Waals surface area contributed by atoms with E-state index in [4.69, 9.17) is 11.6 Å². The van der Waals surface area contributed by atoms with Gasteiger partial charge in [0.1, 0.15) is 6.10 Å². The van der Waals surface area contributed by atoms with E-state index in [0.717, 1.165) is 0 Å². The fraction of sp³-hybridized carbons (Fsp3) is 1.00. The van der Waals surface area contributed by atoms with Gasteiger partial charge in [-0.25, -0.2) is 0 Å². The molecule has 0 saturated carbocycles. The van der Waals surface area contributed by atoms with E-state index in [2.05, 4.69) is 8.37 Å². The van der Waals surface area contributed by atoms with Crippen LogP contribution in [0.3, 0.4) is 0 Å². The van der Waals surface area contributed by atoms with Gasteiger partial charge in [-0.1, -0.05) is 0 Å². The maximum Gasteiger partial charge on any atom is 0.305 e. The highest BCUT2D eigenvalue weighted by Crippen LogP contribution is 2.08. The van der Waals surface area contributed by atoms with Crippen LogP contribution in [0.4, 0.5) is 0 Å². The molecule has 1 saturated heterocycles. The second-order valence-electron chi connectivity index (χ2n) is 1.36. The van der Waals surface area contributed by atoms with E-state index in [0.29, 0.717) is 12.5 Å². The molecule has 0 aromatic heterocycles. The third-order valence-corrected chi connectivity index (χ3v) is 1.84. The molecule has 0 spiro atoms. The Morgan fingerprint density at radius 1 is 1.88 bits per heavy atom. The Hall–Kier alpha value is 0.360. The van der Waals surface area contributed by atoms with Crippen LogP contribution in [0, 0.1) is 0 Å². The first-order valence-electron chi connectivity index (χ1n) is 2.11. The standard InChI is InChI=1S/C3H5ClO3S/c4-1-3-2-6-8(5)7-3/h3H,1-2H2/t3-,8?/m1/s1.